The number of benzene rings is 7. The van der Waals surface area contributed by atoms with Crippen LogP contribution < -0.4 is 10.6 Å². The van der Waals surface area contributed by atoms with E-state index in [0.717, 1.165) is 46.2 Å². The first-order valence-corrected chi connectivity index (χ1v) is 28.8. The highest BCUT2D eigenvalue weighted by molar-refractivity contribution is 7.89. The molecule has 2 aliphatic heterocycles. The van der Waals surface area contributed by atoms with E-state index in [0.29, 0.717) is 42.5 Å². The molecule has 0 bridgehead atoms. The van der Waals surface area contributed by atoms with Crippen LogP contribution in [-0.2, 0) is 74.6 Å². The number of sulfonamides is 1. The van der Waals surface area contributed by atoms with E-state index in [4.69, 9.17) is 18.9 Å². The van der Waals surface area contributed by atoms with Crippen LogP contribution in [0.15, 0.2) is 199 Å². The Labute approximate surface area is 473 Å². The molecule has 0 aliphatic carbocycles. The van der Waals surface area contributed by atoms with Crippen molar-refractivity contribution < 1.29 is 51.3 Å². The Kier molecular flexibility index (Phi) is 20.0. The van der Waals surface area contributed by atoms with Gasteiger partial charge in [-0.25, -0.2) is 18.0 Å². The number of piperidine rings is 2. The number of hydrogen-bond donors (Lipinski definition) is 2. The number of likely N-dealkylation sites (tertiary alicyclic amines) is 1. The Morgan fingerprint density at radius 3 is 1.32 bits per heavy atom. The van der Waals surface area contributed by atoms with Gasteiger partial charge in [0.05, 0.1) is 31.3 Å². The van der Waals surface area contributed by atoms with Crippen molar-refractivity contribution in [3.05, 3.63) is 222 Å². The van der Waals surface area contributed by atoms with E-state index in [1.165, 1.54) is 4.31 Å². The minimum absolute atomic E-state index is 0.0598. The minimum Gasteiger partial charge on any atom is -0.459 e. The molecule has 7 aromatic rings. The van der Waals surface area contributed by atoms with E-state index in [1.54, 1.807) is 65.6 Å². The predicted octanol–water partition coefficient (Wildman–Crippen LogP) is 9.45. The minimum atomic E-state index is -4.11. The van der Waals surface area contributed by atoms with E-state index in [9.17, 15) is 32.4 Å². The van der Waals surface area contributed by atoms with E-state index in [2.05, 4.69) is 10.6 Å². The highest BCUT2D eigenvalue weighted by Gasteiger charge is 2.40. The second-order valence-corrected chi connectivity index (χ2v) is 22.0. The van der Waals surface area contributed by atoms with Gasteiger partial charge in [0.25, 0.3) is 5.91 Å². The van der Waals surface area contributed by atoms with E-state index in [1.807, 2.05) is 133 Å². The fourth-order valence-electron chi connectivity index (χ4n) is 9.94. The summed E-state index contributed by atoms with van der Waals surface area (Å²) < 4.78 is 52.9. The van der Waals surface area contributed by atoms with Crippen molar-refractivity contribution in [2.75, 3.05) is 26.3 Å². The van der Waals surface area contributed by atoms with Gasteiger partial charge >= 0.3 is 11.9 Å². The highest BCUT2D eigenvalue weighted by Crippen LogP contribution is 2.29. The number of carbonyl (C=O) groups excluding carboxylic acids is 5. The van der Waals surface area contributed by atoms with Gasteiger partial charge in [-0.3, -0.25) is 14.4 Å². The fourth-order valence-corrected chi connectivity index (χ4v) is 11.6. The normalized spacial score (nSPS) is 16.3. The zero-order valence-corrected chi connectivity index (χ0v) is 45.8. The number of amides is 3. The summed E-state index contributed by atoms with van der Waals surface area (Å²) in [5.41, 5.74) is 7.16. The Hall–Kier alpha value is -8.28. The Morgan fingerprint density at radius 1 is 0.444 bits per heavy atom. The fraction of sp³-hybridized carbons (Fsp3) is 0.277. The van der Waals surface area contributed by atoms with Crippen LogP contribution in [-0.4, -0.2) is 97.8 Å². The molecule has 2 aliphatic rings. The lowest BCUT2D eigenvalue weighted by molar-refractivity contribution is -0.152. The third-order valence-electron chi connectivity index (χ3n) is 14.4. The smallest absolute Gasteiger partial charge is 0.331 e. The molecule has 2 fully saturated rings. The summed E-state index contributed by atoms with van der Waals surface area (Å²) in [5, 5.41) is 5.61. The van der Waals surface area contributed by atoms with E-state index >= 15 is 0 Å². The van der Waals surface area contributed by atoms with Gasteiger partial charge in [0, 0.05) is 18.7 Å². The zero-order valence-electron chi connectivity index (χ0n) is 45.0. The molecule has 81 heavy (non-hydrogen) atoms. The SMILES string of the molecule is O=C(OCc1ccc(COC(=O)[C@H](COCc2ccccc2)NC(=O)[C@@H]2CCCCN2S(=O)(=O)c2ccc(-c3ccccc3)cc2)cc1)[C@H](COCc1ccccc1)NC(=O)[C@@H]1CCCCN1C(=O)c1ccc(-c2ccccc2)cc1. The quantitative estimate of drug-likeness (QED) is 0.0581. The van der Waals surface area contributed by atoms with Gasteiger partial charge in [0.2, 0.25) is 21.8 Å². The molecule has 16 heteroatoms. The molecular weight excluding hydrogens is 1040 g/mol. The monoisotopic (exact) mass is 1110 g/mol. The largest absolute Gasteiger partial charge is 0.459 e. The number of ether oxygens (including phenoxy) is 4. The summed E-state index contributed by atoms with van der Waals surface area (Å²) in [6.45, 7) is 0.0710. The number of hydrogen-bond acceptors (Lipinski definition) is 11. The lowest BCUT2D eigenvalue weighted by atomic mass is 9.98. The van der Waals surface area contributed by atoms with Crippen LogP contribution in [0.2, 0.25) is 0 Å². The third kappa shape index (κ3) is 15.6. The van der Waals surface area contributed by atoms with Crippen LogP contribution in [0.5, 0.6) is 0 Å². The van der Waals surface area contributed by atoms with E-state index < -0.39 is 57.9 Å². The van der Waals surface area contributed by atoms with Crippen LogP contribution in [0.25, 0.3) is 22.3 Å². The molecule has 0 spiro atoms. The summed E-state index contributed by atoms with van der Waals surface area (Å²) in [6, 6.07) is 54.6. The van der Waals surface area contributed by atoms with Crippen molar-refractivity contribution in [1.82, 2.24) is 19.8 Å². The molecule has 0 aromatic heterocycles. The zero-order chi connectivity index (χ0) is 56.4. The summed E-state index contributed by atoms with van der Waals surface area (Å²) in [5.74, 6) is -2.90. The third-order valence-corrected chi connectivity index (χ3v) is 16.3. The predicted molar refractivity (Wildman–Crippen MR) is 306 cm³/mol. The van der Waals surface area contributed by atoms with Gasteiger partial charge in [-0.1, -0.05) is 176 Å². The number of esters is 2. The van der Waals surface area contributed by atoms with Crippen LogP contribution in [0.1, 0.15) is 71.1 Å². The van der Waals surface area contributed by atoms with Crippen molar-refractivity contribution >= 4 is 39.7 Å². The van der Waals surface area contributed by atoms with Crippen molar-refractivity contribution in [1.29, 1.82) is 0 Å². The van der Waals surface area contributed by atoms with Crippen LogP contribution in [0, 0.1) is 0 Å². The second-order valence-electron chi connectivity index (χ2n) is 20.1. The van der Waals surface area contributed by atoms with Gasteiger partial charge in [-0.2, -0.15) is 4.31 Å². The van der Waals surface area contributed by atoms with Gasteiger partial charge in [0.15, 0.2) is 12.1 Å². The summed E-state index contributed by atoms with van der Waals surface area (Å²) in [7, 11) is -4.11. The van der Waals surface area contributed by atoms with E-state index in [-0.39, 0.29) is 63.4 Å². The average molecular weight is 1110 g/mol. The highest BCUT2D eigenvalue weighted by atomic mass is 32.2. The molecule has 3 amide bonds. The van der Waals surface area contributed by atoms with Gasteiger partial charge < -0.3 is 34.5 Å². The summed E-state index contributed by atoms with van der Waals surface area (Å²) in [4.78, 5) is 71.6. The number of nitrogens with one attached hydrogen (secondary N) is 2. The summed E-state index contributed by atoms with van der Waals surface area (Å²) in [6.07, 6.45) is 3.31. The van der Waals surface area contributed by atoms with Crippen LogP contribution >= 0.6 is 0 Å². The maximum absolute atomic E-state index is 14.1. The summed E-state index contributed by atoms with van der Waals surface area (Å²) >= 11 is 0. The molecule has 0 radical (unpaired) electrons. The molecule has 2 heterocycles. The van der Waals surface area contributed by atoms with Crippen LogP contribution in [0.3, 0.4) is 0 Å². The first-order valence-electron chi connectivity index (χ1n) is 27.4. The van der Waals surface area contributed by atoms with Crippen molar-refractivity contribution in [2.24, 2.45) is 0 Å². The number of nitrogens with zero attached hydrogens (tertiary/aromatic N) is 2. The molecule has 0 saturated carbocycles. The van der Waals surface area contributed by atoms with Gasteiger partial charge in [-0.15, -0.1) is 0 Å². The first kappa shape index (κ1) is 57.4. The topological polar surface area (TPSA) is 187 Å². The molecule has 7 aromatic carbocycles. The molecule has 418 valence electrons. The number of carbonyl (C=O) groups is 5. The molecule has 0 unspecified atom stereocenters. The van der Waals surface area contributed by atoms with Crippen molar-refractivity contribution in [3.63, 3.8) is 0 Å². The standard InChI is InChI=1S/C65H66N4O11S/c70-61(59-25-13-15-39-68(59)63(72)55-33-31-53(32-34-55)51-21-9-3-10-22-51)66-57(45-77-41-47-17-5-1-6-18-47)64(73)79-43-49-27-29-50(30-28-49)44-80-65(74)58(46-78-42-48-19-7-2-8-20-48)67-62(71)60-26-14-16-40-69(60)81(75,76)56-37-35-54(36-38-56)52-23-11-4-12-24-52/h1-12,17-24,27-38,57-60H,13-16,25-26,39-46H2,(H,66,70)(H,67,71)/t57-,58-,59-,60-/m0/s1. The Bertz CT molecular complexity index is 3300. The average Bonchev–Trinajstić information content (AvgIpc) is 3.64. The molecule has 4 atom stereocenters. The molecule has 2 saturated heterocycles. The van der Waals surface area contributed by atoms with Gasteiger partial charge in [-0.05, 0) is 101 Å². The molecular formula is C65H66N4O11S. The Balaban J connectivity index is 0.817. The number of rotatable bonds is 23. The lowest BCUT2D eigenvalue weighted by Gasteiger charge is -2.35. The maximum Gasteiger partial charge on any atom is 0.331 e. The molecule has 9 rings (SSSR count). The molecule has 15 nitrogen and oxygen atoms in total. The maximum atomic E-state index is 14.1. The van der Waals surface area contributed by atoms with Crippen LogP contribution in [0.4, 0.5) is 0 Å². The molecule has 2 N–H and O–H groups in total. The second kappa shape index (κ2) is 28.2. The van der Waals surface area contributed by atoms with Crippen molar-refractivity contribution in [3.8, 4) is 22.3 Å². The Morgan fingerprint density at radius 2 is 0.840 bits per heavy atom. The first-order chi connectivity index (χ1) is 39.5. The van der Waals surface area contributed by atoms with Crippen molar-refractivity contribution in [2.45, 2.75) is 94.0 Å². The lowest BCUT2D eigenvalue weighted by Crippen LogP contribution is -2.56. The van der Waals surface area contributed by atoms with Gasteiger partial charge in [0.1, 0.15) is 25.3 Å².